The lowest BCUT2D eigenvalue weighted by Gasteiger charge is -2.07. The lowest BCUT2D eigenvalue weighted by molar-refractivity contribution is 0.102. The highest BCUT2D eigenvalue weighted by Crippen LogP contribution is 2.24. The van der Waals surface area contributed by atoms with E-state index in [0.717, 1.165) is 4.47 Å². The number of hydrogen-bond donors (Lipinski definition) is 1. The van der Waals surface area contributed by atoms with E-state index in [1.54, 1.807) is 25.3 Å². The Balaban J connectivity index is 2.21. The van der Waals surface area contributed by atoms with Crippen molar-refractivity contribution >= 4 is 39.1 Å². The van der Waals surface area contributed by atoms with Crippen molar-refractivity contribution in [1.82, 2.24) is 9.97 Å². The second-order valence-corrected chi connectivity index (χ2v) is 4.86. The molecule has 0 atom stereocenters. The molecule has 19 heavy (non-hydrogen) atoms. The van der Waals surface area contributed by atoms with Gasteiger partial charge < -0.3 is 10.1 Å². The summed E-state index contributed by atoms with van der Waals surface area (Å²) in [6.45, 7) is 0. The number of hydrogen-bond acceptors (Lipinski definition) is 4. The van der Waals surface area contributed by atoms with E-state index in [2.05, 4.69) is 31.2 Å². The van der Waals surface area contributed by atoms with Crippen LogP contribution in [0.4, 0.5) is 5.69 Å². The highest BCUT2D eigenvalue weighted by atomic mass is 79.9. The molecule has 98 valence electrons. The summed E-state index contributed by atoms with van der Waals surface area (Å²) in [6, 6.07) is 5.23. The van der Waals surface area contributed by atoms with Gasteiger partial charge in [-0.2, -0.15) is 0 Å². The van der Waals surface area contributed by atoms with Gasteiger partial charge in [-0.15, -0.1) is 0 Å². The van der Waals surface area contributed by atoms with Gasteiger partial charge in [-0.3, -0.25) is 9.78 Å². The zero-order valence-electron chi connectivity index (χ0n) is 9.85. The Labute approximate surface area is 123 Å². The van der Waals surface area contributed by atoms with E-state index in [1.807, 2.05) is 0 Å². The number of carbonyl (C=O) groups excluding carboxylic acids is 1. The molecule has 0 aliphatic carbocycles. The Hall–Kier alpha value is -1.66. The smallest absolute Gasteiger partial charge is 0.275 e. The molecule has 2 aromatic rings. The predicted octanol–water partition coefficient (Wildman–Crippen LogP) is 3.15. The normalized spacial score (nSPS) is 10.1. The Morgan fingerprint density at radius 3 is 2.84 bits per heavy atom. The molecule has 7 heteroatoms. The molecule has 1 N–H and O–H groups in total. The fourth-order valence-corrected chi connectivity index (χ4v) is 2.02. The standard InChI is InChI=1S/C12H9BrClN3O2/c1-19-9-3-7(13)2-8(4-9)16-12(18)10-5-15-6-11(14)17-10/h2-6H,1H3,(H,16,18). The van der Waals surface area contributed by atoms with E-state index < -0.39 is 5.91 Å². The van der Waals surface area contributed by atoms with Crippen LogP contribution in [-0.4, -0.2) is 23.0 Å². The van der Waals surface area contributed by atoms with Crippen LogP contribution in [0.15, 0.2) is 35.1 Å². The van der Waals surface area contributed by atoms with Crippen LogP contribution in [0.5, 0.6) is 5.75 Å². The summed E-state index contributed by atoms with van der Waals surface area (Å²) in [4.78, 5) is 19.6. The molecule has 0 aliphatic heterocycles. The Morgan fingerprint density at radius 1 is 1.37 bits per heavy atom. The number of anilines is 1. The lowest BCUT2D eigenvalue weighted by Crippen LogP contribution is -2.14. The van der Waals surface area contributed by atoms with Crippen molar-refractivity contribution in [1.29, 1.82) is 0 Å². The average Bonchev–Trinajstić information content (AvgIpc) is 2.38. The average molecular weight is 343 g/mol. The Morgan fingerprint density at radius 2 is 2.16 bits per heavy atom. The Bertz CT molecular complexity index is 622. The summed E-state index contributed by atoms with van der Waals surface area (Å²) >= 11 is 9.01. The van der Waals surface area contributed by atoms with Crippen LogP contribution in [0.1, 0.15) is 10.5 Å². The van der Waals surface area contributed by atoms with Crippen molar-refractivity contribution in [3.05, 3.63) is 45.9 Å². The number of nitrogens with zero attached hydrogens (tertiary/aromatic N) is 2. The molecule has 0 fully saturated rings. The minimum absolute atomic E-state index is 0.145. The molecule has 0 saturated heterocycles. The van der Waals surface area contributed by atoms with Crippen molar-refractivity contribution in [3.63, 3.8) is 0 Å². The van der Waals surface area contributed by atoms with Crippen LogP contribution in [-0.2, 0) is 0 Å². The second-order valence-electron chi connectivity index (χ2n) is 3.56. The van der Waals surface area contributed by atoms with Crippen LogP contribution in [0, 0.1) is 0 Å². The molecular weight excluding hydrogens is 334 g/mol. The van der Waals surface area contributed by atoms with Crippen LogP contribution in [0.25, 0.3) is 0 Å². The highest BCUT2D eigenvalue weighted by molar-refractivity contribution is 9.10. The van der Waals surface area contributed by atoms with E-state index in [1.165, 1.54) is 12.4 Å². The zero-order chi connectivity index (χ0) is 13.8. The minimum atomic E-state index is -0.393. The molecule has 1 aromatic heterocycles. The maximum absolute atomic E-state index is 11.9. The molecular formula is C12H9BrClN3O2. The molecule has 0 radical (unpaired) electrons. The molecule has 2 rings (SSSR count). The molecule has 1 amide bonds. The van der Waals surface area contributed by atoms with Gasteiger partial charge in [-0.25, -0.2) is 4.98 Å². The number of benzene rings is 1. The van der Waals surface area contributed by atoms with E-state index in [9.17, 15) is 4.79 Å². The van der Waals surface area contributed by atoms with E-state index in [0.29, 0.717) is 11.4 Å². The number of halogens is 2. The second kappa shape index (κ2) is 5.99. The van der Waals surface area contributed by atoms with Crippen molar-refractivity contribution in [3.8, 4) is 5.75 Å². The number of methoxy groups -OCH3 is 1. The van der Waals surface area contributed by atoms with E-state index >= 15 is 0 Å². The first-order chi connectivity index (χ1) is 9.08. The van der Waals surface area contributed by atoms with Gasteiger partial charge in [-0.1, -0.05) is 27.5 Å². The van der Waals surface area contributed by atoms with Crippen molar-refractivity contribution in [2.75, 3.05) is 12.4 Å². The van der Waals surface area contributed by atoms with Gasteiger partial charge in [0.15, 0.2) is 0 Å². The quantitative estimate of drug-likeness (QED) is 0.930. The van der Waals surface area contributed by atoms with Gasteiger partial charge in [0.2, 0.25) is 0 Å². The summed E-state index contributed by atoms with van der Waals surface area (Å²) in [5, 5.41) is 2.86. The molecule has 0 saturated carbocycles. The molecule has 0 bridgehead atoms. The fraction of sp³-hybridized carbons (Fsp3) is 0.0833. The lowest BCUT2D eigenvalue weighted by atomic mass is 10.3. The van der Waals surface area contributed by atoms with Crippen molar-refractivity contribution in [2.45, 2.75) is 0 Å². The van der Waals surface area contributed by atoms with Crippen LogP contribution >= 0.6 is 27.5 Å². The molecule has 1 aromatic carbocycles. The van der Waals surface area contributed by atoms with Gasteiger partial charge in [0.1, 0.15) is 16.6 Å². The van der Waals surface area contributed by atoms with Crippen LogP contribution in [0.3, 0.4) is 0 Å². The molecule has 0 unspecified atom stereocenters. The summed E-state index contributed by atoms with van der Waals surface area (Å²) in [5.74, 6) is 0.233. The van der Waals surface area contributed by atoms with Crippen molar-refractivity contribution in [2.24, 2.45) is 0 Å². The first-order valence-corrected chi connectivity index (χ1v) is 6.39. The molecule has 5 nitrogen and oxygen atoms in total. The number of rotatable bonds is 3. The minimum Gasteiger partial charge on any atom is -0.497 e. The molecule has 0 aliphatic rings. The number of nitrogens with one attached hydrogen (secondary N) is 1. The van der Waals surface area contributed by atoms with Crippen LogP contribution < -0.4 is 10.1 Å². The van der Waals surface area contributed by atoms with E-state index in [4.69, 9.17) is 16.3 Å². The SMILES string of the molecule is COc1cc(Br)cc(NC(=O)c2cncc(Cl)n2)c1. The van der Waals surface area contributed by atoms with Gasteiger partial charge in [0.05, 0.1) is 19.5 Å². The van der Waals surface area contributed by atoms with Gasteiger partial charge in [0.25, 0.3) is 5.91 Å². The number of aromatic nitrogens is 2. The topological polar surface area (TPSA) is 64.1 Å². The van der Waals surface area contributed by atoms with Crippen LogP contribution in [0.2, 0.25) is 5.15 Å². The summed E-state index contributed by atoms with van der Waals surface area (Å²) in [6.07, 6.45) is 2.71. The van der Waals surface area contributed by atoms with Gasteiger partial charge >= 0.3 is 0 Å². The largest absolute Gasteiger partial charge is 0.497 e. The maximum Gasteiger partial charge on any atom is 0.275 e. The molecule has 1 heterocycles. The van der Waals surface area contributed by atoms with Gasteiger partial charge in [-0.05, 0) is 12.1 Å². The number of carbonyl (C=O) groups is 1. The summed E-state index contributed by atoms with van der Waals surface area (Å²) < 4.78 is 5.90. The third-order valence-electron chi connectivity index (χ3n) is 2.20. The third-order valence-corrected chi connectivity index (χ3v) is 2.84. The number of ether oxygens (including phenoxy) is 1. The van der Waals surface area contributed by atoms with Gasteiger partial charge in [0, 0.05) is 16.2 Å². The zero-order valence-corrected chi connectivity index (χ0v) is 12.2. The van der Waals surface area contributed by atoms with E-state index in [-0.39, 0.29) is 10.8 Å². The number of amides is 1. The van der Waals surface area contributed by atoms with Crippen molar-refractivity contribution < 1.29 is 9.53 Å². The third kappa shape index (κ3) is 3.65. The summed E-state index contributed by atoms with van der Waals surface area (Å²) in [7, 11) is 1.55. The highest BCUT2D eigenvalue weighted by Gasteiger charge is 2.10. The fourth-order valence-electron chi connectivity index (χ4n) is 1.40. The Kier molecular flexibility index (Phi) is 4.34. The first kappa shape index (κ1) is 13.8. The predicted molar refractivity (Wildman–Crippen MR) is 75.7 cm³/mol. The molecule has 0 spiro atoms. The monoisotopic (exact) mass is 341 g/mol. The maximum atomic E-state index is 11.9. The first-order valence-electron chi connectivity index (χ1n) is 5.22. The summed E-state index contributed by atoms with van der Waals surface area (Å²) in [5.41, 5.74) is 0.726.